The quantitative estimate of drug-likeness (QED) is 0.704. The molecule has 3 aliphatic heterocycles. The van der Waals surface area contributed by atoms with Crippen LogP contribution >= 0.6 is 0 Å². The van der Waals surface area contributed by atoms with Gasteiger partial charge in [-0.05, 0) is 56.5 Å². The van der Waals surface area contributed by atoms with E-state index >= 15 is 0 Å². The Bertz CT molecular complexity index is 1150. The third kappa shape index (κ3) is 4.31. The molecule has 0 amide bonds. The predicted molar refractivity (Wildman–Crippen MR) is 143 cm³/mol. The van der Waals surface area contributed by atoms with Gasteiger partial charge in [0.15, 0.2) is 0 Å². The molecule has 186 valence electrons. The summed E-state index contributed by atoms with van der Waals surface area (Å²) in [5, 5.41) is 8.35. The smallest absolute Gasteiger partial charge is 0.121 e. The van der Waals surface area contributed by atoms with E-state index in [0.29, 0.717) is 5.41 Å². The molecule has 1 aromatic carbocycles. The Kier molecular flexibility index (Phi) is 5.97. The second kappa shape index (κ2) is 9.14. The Morgan fingerprint density at radius 1 is 1.00 bits per heavy atom. The fraction of sp³-hybridized carbons (Fsp3) is 0.552. The number of piperazine rings is 1. The molecule has 1 spiro atoms. The van der Waals surface area contributed by atoms with Crippen molar-refractivity contribution in [2.24, 2.45) is 5.41 Å². The Balaban J connectivity index is 1.35. The van der Waals surface area contributed by atoms with E-state index in [4.69, 9.17) is 9.72 Å². The first kappa shape index (κ1) is 22.9. The molecule has 0 saturated carbocycles. The minimum absolute atomic E-state index is 0.118. The van der Waals surface area contributed by atoms with Crippen LogP contribution in [0.2, 0.25) is 0 Å². The van der Waals surface area contributed by atoms with E-state index in [1.54, 1.807) is 7.11 Å². The van der Waals surface area contributed by atoms with Crippen molar-refractivity contribution in [3.8, 4) is 5.75 Å². The molecule has 1 aromatic heterocycles. The monoisotopic (exact) mass is 473 g/mol. The maximum atomic E-state index is 5.57. The third-order valence-corrected chi connectivity index (χ3v) is 8.76. The van der Waals surface area contributed by atoms with Crippen LogP contribution in [0, 0.1) is 5.41 Å². The normalized spacial score (nSPS) is 29.1. The van der Waals surface area contributed by atoms with Crippen molar-refractivity contribution >= 4 is 16.6 Å². The molecule has 3 fully saturated rings. The van der Waals surface area contributed by atoms with E-state index < -0.39 is 0 Å². The number of ether oxygens (including phenoxy) is 1. The maximum absolute atomic E-state index is 5.57. The number of nitrogens with zero attached hydrogens (tertiary/aromatic N) is 3. The summed E-state index contributed by atoms with van der Waals surface area (Å²) < 4.78 is 5.57. The standard InChI is InChI=1S/C29H39N5O/c1-28(9-6-22(7-10-28)33-16-13-30-14-17-33)27-19-26(24-5-4-23(35-2)18-25(24)32-27)34-15-11-29(21-34)8-3-12-31-20-29/h4-7,9,18-19,30-31H,3,8,10-17,20-21H2,1-2H3. The van der Waals surface area contributed by atoms with Crippen LogP contribution in [0.25, 0.3) is 10.9 Å². The average molecular weight is 474 g/mol. The highest BCUT2D eigenvalue weighted by Gasteiger charge is 2.40. The fourth-order valence-corrected chi connectivity index (χ4v) is 6.46. The lowest BCUT2D eigenvalue weighted by Gasteiger charge is -2.36. The molecule has 4 aliphatic rings. The van der Waals surface area contributed by atoms with Crippen LogP contribution in [-0.4, -0.2) is 69.4 Å². The van der Waals surface area contributed by atoms with Crippen molar-refractivity contribution in [2.75, 3.05) is 64.4 Å². The molecule has 35 heavy (non-hydrogen) atoms. The molecule has 2 N–H and O–H groups in total. The first-order valence-corrected chi connectivity index (χ1v) is 13.4. The van der Waals surface area contributed by atoms with Crippen molar-refractivity contribution in [2.45, 2.75) is 38.0 Å². The SMILES string of the molecule is COc1ccc2c(N3CCC4(CCCNC4)C3)cc(C3(C)C=CC(N4CCNCC4)=CC3)nc2c1. The number of hydrogen-bond donors (Lipinski definition) is 2. The summed E-state index contributed by atoms with van der Waals surface area (Å²) in [4.78, 5) is 10.4. The van der Waals surface area contributed by atoms with E-state index in [1.165, 1.54) is 36.0 Å². The number of fused-ring (bicyclic) bond motifs is 1. The van der Waals surface area contributed by atoms with Crippen molar-refractivity contribution in [3.63, 3.8) is 0 Å². The van der Waals surface area contributed by atoms with Gasteiger partial charge in [0.05, 0.1) is 18.3 Å². The summed E-state index contributed by atoms with van der Waals surface area (Å²) in [5.74, 6) is 0.868. The predicted octanol–water partition coefficient (Wildman–Crippen LogP) is 3.83. The minimum atomic E-state index is -0.118. The van der Waals surface area contributed by atoms with E-state index in [9.17, 15) is 0 Å². The Labute approximate surface area is 209 Å². The van der Waals surface area contributed by atoms with Gasteiger partial charge >= 0.3 is 0 Å². The number of methoxy groups -OCH3 is 1. The van der Waals surface area contributed by atoms with Gasteiger partial charge in [0, 0.05) is 79.5 Å². The van der Waals surface area contributed by atoms with Gasteiger partial charge in [-0.15, -0.1) is 0 Å². The van der Waals surface area contributed by atoms with Gasteiger partial charge in [0.25, 0.3) is 0 Å². The number of rotatable bonds is 4. The number of pyridine rings is 1. The van der Waals surface area contributed by atoms with Crippen LogP contribution in [0.1, 0.15) is 38.3 Å². The van der Waals surface area contributed by atoms with Crippen LogP contribution in [0.15, 0.2) is 48.2 Å². The van der Waals surface area contributed by atoms with Gasteiger partial charge in [-0.1, -0.05) is 19.1 Å². The van der Waals surface area contributed by atoms with Crippen molar-refractivity contribution in [1.29, 1.82) is 0 Å². The summed E-state index contributed by atoms with van der Waals surface area (Å²) in [7, 11) is 1.74. The van der Waals surface area contributed by atoms with Crippen molar-refractivity contribution in [3.05, 3.63) is 53.9 Å². The molecular weight excluding hydrogens is 434 g/mol. The van der Waals surface area contributed by atoms with Gasteiger partial charge in [0.1, 0.15) is 5.75 Å². The lowest BCUT2D eigenvalue weighted by molar-refractivity contribution is 0.239. The van der Waals surface area contributed by atoms with E-state index in [1.807, 2.05) is 0 Å². The van der Waals surface area contributed by atoms with Gasteiger partial charge < -0.3 is 25.2 Å². The molecule has 6 nitrogen and oxygen atoms in total. The number of hydrogen-bond acceptors (Lipinski definition) is 6. The van der Waals surface area contributed by atoms with E-state index in [0.717, 1.165) is 75.7 Å². The van der Waals surface area contributed by atoms with Crippen LogP contribution in [0.4, 0.5) is 5.69 Å². The molecule has 2 unspecified atom stereocenters. The van der Waals surface area contributed by atoms with E-state index in [-0.39, 0.29) is 5.41 Å². The van der Waals surface area contributed by atoms with E-state index in [2.05, 4.69) is 69.9 Å². The first-order valence-electron chi connectivity index (χ1n) is 13.4. The van der Waals surface area contributed by atoms with Crippen LogP contribution in [-0.2, 0) is 5.41 Å². The highest BCUT2D eigenvalue weighted by Crippen LogP contribution is 2.43. The summed E-state index contributed by atoms with van der Waals surface area (Å²) in [5.41, 5.74) is 5.18. The summed E-state index contributed by atoms with van der Waals surface area (Å²) in [6.07, 6.45) is 12.0. The average Bonchev–Trinajstić information content (AvgIpc) is 3.31. The molecule has 2 aromatic rings. The fourth-order valence-electron chi connectivity index (χ4n) is 6.46. The minimum Gasteiger partial charge on any atom is -0.497 e. The second-order valence-corrected chi connectivity index (χ2v) is 11.2. The molecule has 4 heterocycles. The lowest BCUT2D eigenvalue weighted by atomic mass is 9.79. The Morgan fingerprint density at radius 2 is 1.89 bits per heavy atom. The zero-order chi connectivity index (χ0) is 23.9. The molecule has 0 radical (unpaired) electrons. The number of allylic oxidation sites excluding steroid dienone is 3. The first-order chi connectivity index (χ1) is 17.1. The second-order valence-electron chi connectivity index (χ2n) is 11.2. The van der Waals surface area contributed by atoms with Gasteiger partial charge in [-0.25, -0.2) is 0 Å². The molecule has 6 rings (SSSR count). The maximum Gasteiger partial charge on any atom is 0.121 e. The number of benzene rings is 1. The molecule has 3 saturated heterocycles. The van der Waals surface area contributed by atoms with Crippen molar-refractivity contribution < 1.29 is 4.74 Å². The third-order valence-electron chi connectivity index (χ3n) is 8.76. The van der Waals surface area contributed by atoms with Crippen LogP contribution in [0.5, 0.6) is 5.75 Å². The largest absolute Gasteiger partial charge is 0.497 e. The molecule has 1 aliphatic carbocycles. The lowest BCUT2D eigenvalue weighted by Crippen LogP contribution is -2.43. The number of aromatic nitrogens is 1. The number of piperidine rings is 1. The summed E-state index contributed by atoms with van der Waals surface area (Å²) >= 11 is 0. The van der Waals surface area contributed by atoms with Crippen LogP contribution < -0.4 is 20.3 Å². The number of nitrogens with one attached hydrogen (secondary N) is 2. The van der Waals surface area contributed by atoms with Gasteiger partial charge in [0.2, 0.25) is 0 Å². The summed E-state index contributed by atoms with van der Waals surface area (Å²) in [6, 6.07) is 8.77. The van der Waals surface area contributed by atoms with Gasteiger partial charge in [-0.3, -0.25) is 4.98 Å². The Morgan fingerprint density at radius 3 is 2.63 bits per heavy atom. The van der Waals surface area contributed by atoms with Crippen LogP contribution in [0.3, 0.4) is 0 Å². The number of anilines is 1. The zero-order valence-corrected chi connectivity index (χ0v) is 21.3. The molecular formula is C29H39N5O. The summed E-state index contributed by atoms with van der Waals surface area (Å²) in [6.45, 7) is 11.2. The molecule has 2 atom stereocenters. The van der Waals surface area contributed by atoms with Crippen molar-refractivity contribution in [1.82, 2.24) is 20.5 Å². The molecule has 0 bridgehead atoms. The highest BCUT2D eigenvalue weighted by atomic mass is 16.5. The van der Waals surface area contributed by atoms with Gasteiger partial charge in [-0.2, -0.15) is 0 Å². The highest BCUT2D eigenvalue weighted by molar-refractivity contribution is 5.93. The Hall–Kier alpha value is -2.57. The topological polar surface area (TPSA) is 52.7 Å². The molecule has 6 heteroatoms. The zero-order valence-electron chi connectivity index (χ0n) is 21.3.